The number of halogens is 2. The zero-order valence-electron chi connectivity index (χ0n) is 12.6. The molecular weight excluding hydrogens is 304 g/mol. The minimum atomic E-state index is -2.87. The van der Waals surface area contributed by atoms with Crippen molar-refractivity contribution in [2.24, 2.45) is 0 Å². The van der Waals surface area contributed by atoms with Crippen molar-refractivity contribution in [3.05, 3.63) is 47.3 Å². The molecule has 1 aromatic carbocycles. The van der Waals surface area contributed by atoms with Crippen LogP contribution in [0.4, 0.5) is 8.78 Å². The molecule has 1 amide bonds. The van der Waals surface area contributed by atoms with E-state index < -0.39 is 6.61 Å². The Hall–Kier alpha value is -2.44. The quantitative estimate of drug-likeness (QED) is 0.857. The highest BCUT2D eigenvalue weighted by molar-refractivity contribution is 5.92. The lowest BCUT2D eigenvalue weighted by Gasteiger charge is -2.14. The van der Waals surface area contributed by atoms with Crippen molar-refractivity contribution >= 4 is 5.91 Å². The highest BCUT2D eigenvalue weighted by Gasteiger charge is 2.26. The van der Waals surface area contributed by atoms with E-state index in [1.54, 1.807) is 25.1 Å². The topological polar surface area (TPSA) is 67.0 Å². The second-order valence-corrected chi connectivity index (χ2v) is 5.63. The van der Waals surface area contributed by atoms with Crippen LogP contribution in [0.15, 0.2) is 30.3 Å². The van der Waals surface area contributed by atoms with Gasteiger partial charge < -0.3 is 10.1 Å². The van der Waals surface area contributed by atoms with Gasteiger partial charge in [0.05, 0.1) is 6.04 Å². The predicted molar refractivity (Wildman–Crippen MR) is 79.5 cm³/mol. The molecule has 23 heavy (non-hydrogen) atoms. The third-order valence-corrected chi connectivity index (χ3v) is 3.78. The van der Waals surface area contributed by atoms with Crippen LogP contribution in [-0.4, -0.2) is 22.7 Å². The van der Waals surface area contributed by atoms with Crippen LogP contribution in [0.1, 0.15) is 53.5 Å². The van der Waals surface area contributed by atoms with E-state index in [9.17, 15) is 13.6 Å². The maximum absolute atomic E-state index is 12.3. The van der Waals surface area contributed by atoms with E-state index in [1.165, 1.54) is 12.1 Å². The zero-order chi connectivity index (χ0) is 16.4. The molecule has 1 aromatic heterocycles. The Bertz CT molecular complexity index is 698. The van der Waals surface area contributed by atoms with Crippen molar-refractivity contribution in [2.45, 2.75) is 38.3 Å². The number of aromatic amines is 1. The molecule has 1 heterocycles. The van der Waals surface area contributed by atoms with Crippen molar-refractivity contribution < 1.29 is 18.3 Å². The van der Waals surface area contributed by atoms with Crippen LogP contribution in [0.25, 0.3) is 0 Å². The average molecular weight is 321 g/mol. The minimum absolute atomic E-state index is 0.0642. The van der Waals surface area contributed by atoms with E-state index in [1.807, 2.05) is 0 Å². The van der Waals surface area contributed by atoms with E-state index in [-0.39, 0.29) is 17.7 Å². The van der Waals surface area contributed by atoms with Gasteiger partial charge in [-0.15, -0.1) is 0 Å². The number of alkyl halides is 2. The number of hydrogen-bond acceptors (Lipinski definition) is 3. The van der Waals surface area contributed by atoms with Gasteiger partial charge in [-0.2, -0.15) is 13.9 Å². The molecule has 0 radical (unpaired) electrons. The molecule has 1 unspecified atom stereocenters. The highest BCUT2D eigenvalue weighted by Crippen LogP contribution is 2.39. The lowest BCUT2D eigenvalue weighted by molar-refractivity contribution is -0.0499. The SMILES string of the molecule is CC(NC(=O)c1cc(C2CC2)[nH]n1)c1cccc(OC(F)F)c1. The molecule has 7 heteroatoms. The molecule has 2 aromatic rings. The molecule has 1 fully saturated rings. The number of nitrogens with zero attached hydrogens (tertiary/aromatic N) is 1. The van der Waals surface area contributed by atoms with Gasteiger partial charge in [0.25, 0.3) is 5.91 Å². The molecule has 1 aliphatic carbocycles. The summed E-state index contributed by atoms with van der Waals surface area (Å²) in [6, 6.07) is 7.68. The highest BCUT2D eigenvalue weighted by atomic mass is 19.3. The van der Waals surface area contributed by atoms with Crippen molar-refractivity contribution in [2.75, 3.05) is 0 Å². The Morgan fingerprint density at radius 1 is 1.39 bits per heavy atom. The summed E-state index contributed by atoms with van der Waals surface area (Å²) in [6.07, 6.45) is 2.24. The van der Waals surface area contributed by atoms with Gasteiger partial charge in [-0.1, -0.05) is 12.1 Å². The number of ether oxygens (including phenoxy) is 1. The van der Waals surface area contributed by atoms with E-state index in [4.69, 9.17) is 0 Å². The van der Waals surface area contributed by atoms with Crippen LogP contribution in [0.3, 0.4) is 0 Å². The Balaban J connectivity index is 1.65. The number of aromatic nitrogens is 2. The molecule has 0 saturated heterocycles. The molecule has 5 nitrogen and oxygen atoms in total. The Labute approximate surface area is 132 Å². The molecule has 0 spiro atoms. The molecule has 1 atom stereocenters. The summed E-state index contributed by atoms with van der Waals surface area (Å²) in [7, 11) is 0. The zero-order valence-corrected chi connectivity index (χ0v) is 12.6. The van der Waals surface area contributed by atoms with E-state index >= 15 is 0 Å². The monoisotopic (exact) mass is 321 g/mol. The lowest BCUT2D eigenvalue weighted by Crippen LogP contribution is -2.27. The van der Waals surface area contributed by atoms with Gasteiger partial charge in [0.2, 0.25) is 0 Å². The summed E-state index contributed by atoms with van der Waals surface area (Å²) in [6.45, 7) is -1.10. The van der Waals surface area contributed by atoms with Crippen molar-refractivity contribution in [1.82, 2.24) is 15.5 Å². The lowest BCUT2D eigenvalue weighted by atomic mass is 10.1. The fourth-order valence-corrected chi connectivity index (χ4v) is 2.37. The van der Waals surface area contributed by atoms with E-state index in [0.717, 1.165) is 18.5 Å². The van der Waals surface area contributed by atoms with Gasteiger partial charge in [0.1, 0.15) is 11.4 Å². The molecule has 1 aliphatic rings. The first-order valence-electron chi connectivity index (χ1n) is 7.44. The van der Waals surface area contributed by atoms with Crippen LogP contribution < -0.4 is 10.1 Å². The number of carbonyl (C=O) groups is 1. The smallest absolute Gasteiger partial charge is 0.387 e. The number of amides is 1. The van der Waals surface area contributed by atoms with Crippen LogP contribution in [-0.2, 0) is 0 Å². The Morgan fingerprint density at radius 2 is 2.17 bits per heavy atom. The van der Waals surface area contributed by atoms with Gasteiger partial charge in [-0.3, -0.25) is 9.89 Å². The summed E-state index contributed by atoms with van der Waals surface area (Å²) in [5, 5.41) is 9.70. The molecule has 3 rings (SSSR count). The first-order chi connectivity index (χ1) is 11.0. The van der Waals surface area contributed by atoms with Gasteiger partial charge >= 0.3 is 6.61 Å². The molecule has 1 saturated carbocycles. The standard InChI is InChI=1S/C16H17F2N3O2/c1-9(11-3-2-4-12(7-11)23-16(17)18)19-15(22)14-8-13(20-21-14)10-5-6-10/h2-4,7-10,16H,5-6H2,1H3,(H,19,22)(H,20,21). The Morgan fingerprint density at radius 3 is 2.87 bits per heavy atom. The third-order valence-electron chi connectivity index (χ3n) is 3.78. The largest absolute Gasteiger partial charge is 0.435 e. The van der Waals surface area contributed by atoms with E-state index in [0.29, 0.717) is 17.2 Å². The van der Waals surface area contributed by atoms with Crippen molar-refractivity contribution in [3.8, 4) is 5.75 Å². The van der Waals surface area contributed by atoms with Crippen LogP contribution >= 0.6 is 0 Å². The van der Waals surface area contributed by atoms with Crippen molar-refractivity contribution in [1.29, 1.82) is 0 Å². The predicted octanol–water partition coefficient (Wildman–Crippen LogP) is 3.38. The van der Waals surface area contributed by atoms with Crippen molar-refractivity contribution in [3.63, 3.8) is 0 Å². The normalized spacial score (nSPS) is 15.5. The molecular formula is C16H17F2N3O2. The first-order valence-corrected chi connectivity index (χ1v) is 7.44. The second kappa shape index (κ2) is 6.36. The van der Waals surface area contributed by atoms with Crippen LogP contribution in [0.2, 0.25) is 0 Å². The van der Waals surface area contributed by atoms with E-state index in [2.05, 4.69) is 20.3 Å². The van der Waals surface area contributed by atoms with Gasteiger partial charge in [-0.05, 0) is 43.5 Å². The van der Waals surface area contributed by atoms with Crippen LogP contribution in [0.5, 0.6) is 5.75 Å². The molecule has 122 valence electrons. The van der Waals surface area contributed by atoms with Gasteiger partial charge in [0.15, 0.2) is 0 Å². The fourth-order valence-electron chi connectivity index (χ4n) is 2.37. The first kappa shape index (κ1) is 15.5. The summed E-state index contributed by atoms with van der Waals surface area (Å²) in [5.74, 6) is 0.250. The summed E-state index contributed by atoms with van der Waals surface area (Å²) < 4.78 is 28.9. The second-order valence-electron chi connectivity index (χ2n) is 5.63. The maximum atomic E-state index is 12.3. The number of nitrogens with one attached hydrogen (secondary N) is 2. The maximum Gasteiger partial charge on any atom is 0.387 e. The number of H-pyrrole nitrogens is 1. The summed E-state index contributed by atoms with van der Waals surface area (Å²) >= 11 is 0. The molecule has 0 bridgehead atoms. The molecule has 0 aliphatic heterocycles. The summed E-state index contributed by atoms with van der Waals surface area (Å²) in [4.78, 5) is 12.2. The Kier molecular flexibility index (Phi) is 4.27. The molecule has 2 N–H and O–H groups in total. The summed E-state index contributed by atoms with van der Waals surface area (Å²) in [5.41, 5.74) is 1.99. The average Bonchev–Trinajstić information content (AvgIpc) is 3.24. The number of benzene rings is 1. The third kappa shape index (κ3) is 3.85. The van der Waals surface area contributed by atoms with Gasteiger partial charge in [0, 0.05) is 11.6 Å². The number of hydrogen-bond donors (Lipinski definition) is 2. The minimum Gasteiger partial charge on any atom is -0.435 e. The van der Waals surface area contributed by atoms with Crippen LogP contribution in [0, 0.1) is 0 Å². The number of rotatable bonds is 6. The fraction of sp³-hybridized carbons (Fsp3) is 0.375. The van der Waals surface area contributed by atoms with Gasteiger partial charge in [-0.25, -0.2) is 0 Å². The number of carbonyl (C=O) groups excluding carboxylic acids is 1.